The molecule has 0 saturated carbocycles. The average molecular weight is 283 g/mol. The van der Waals surface area contributed by atoms with Crippen LogP contribution in [0, 0.1) is 0 Å². The first-order chi connectivity index (χ1) is 8.69. The molecule has 7 heteroatoms. The van der Waals surface area contributed by atoms with Crippen molar-refractivity contribution >= 4 is 27.8 Å². The van der Waals surface area contributed by atoms with E-state index in [0.717, 1.165) is 39.5 Å². The molecule has 0 spiro atoms. The van der Waals surface area contributed by atoms with Gasteiger partial charge in [-0.2, -0.15) is 0 Å². The standard InChI is InChI=1S/C11H17N5S2/c1-4-12-11-15-14-10(18-11)8-7-13-9(17-8)5-6-16(2)3/h7H,4-6H2,1-3H3,(H,12,15). The lowest BCUT2D eigenvalue weighted by Gasteiger charge is -2.06. The number of likely N-dealkylation sites (N-methyl/N-ethyl adjacent to an activating group) is 1. The molecule has 1 N–H and O–H groups in total. The Balaban J connectivity index is 2.04. The highest BCUT2D eigenvalue weighted by molar-refractivity contribution is 7.23. The molecule has 0 aromatic carbocycles. The van der Waals surface area contributed by atoms with Crippen molar-refractivity contribution in [2.75, 3.05) is 32.5 Å². The minimum atomic E-state index is 0.866. The van der Waals surface area contributed by atoms with Crippen LogP contribution in [0.1, 0.15) is 11.9 Å². The number of nitrogens with one attached hydrogen (secondary N) is 1. The molecule has 0 aliphatic heterocycles. The van der Waals surface area contributed by atoms with Crippen molar-refractivity contribution in [3.8, 4) is 9.88 Å². The van der Waals surface area contributed by atoms with Gasteiger partial charge in [0.05, 0.1) is 9.88 Å². The third-order valence-corrected chi connectivity index (χ3v) is 4.40. The molecule has 2 rings (SSSR count). The Morgan fingerprint density at radius 2 is 2.11 bits per heavy atom. The predicted molar refractivity (Wildman–Crippen MR) is 77.4 cm³/mol. The summed E-state index contributed by atoms with van der Waals surface area (Å²) in [6.07, 6.45) is 2.88. The van der Waals surface area contributed by atoms with Crippen LogP contribution >= 0.6 is 22.7 Å². The van der Waals surface area contributed by atoms with Crippen molar-refractivity contribution in [3.05, 3.63) is 11.2 Å². The Hall–Kier alpha value is -1.05. The van der Waals surface area contributed by atoms with E-state index in [9.17, 15) is 0 Å². The van der Waals surface area contributed by atoms with Gasteiger partial charge in [0.2, 0.25) is 5.13 Å². The molecule has 18 heavy (non-hydrogen) atoms. The maximum absolute atomic E-state index is 4.43. The summed E-state index contributed by atoms with van der Waals surface area (Å²) in [6, 6.07) is 0. The van der Waals surface area contributed by atoms with Gasteiger partial charge in [0.15, 0.2) is 5.01 Å². The van der Waals surface area contributed by atoms with Crippen LogP contribution in [0.3, 0.4) is 0 Å². The van der Waals surface area contributed by atoms with Gasteiger partial charge in [-0.05, 0) is 21.0 Å². The highest BCUT2D eigenvalue weighted by Crippen LogP contribution is 2.30. The van der Waals surface area contributed by atoms with Crippen molar-refractivity contribution in [3.63, 3.8) is 0 Å². The van der Waals surface area contributed by atoms with E-state index in [-0.39, 0.29) is 0 Å². The first kappa shape index (κ1) is 13.4. The summed E-state index contributed by atoms with van der Waals surface area (Å²) in [4.78, 5) is 7.69. The molecule has 0 unspecified atom stereocenters. The first-order valence-electron chi connectivity index (χ1n) is 5.86. The number of thiazole rings is 1. The van der Waals surface area contributed by atoms with E-state index in [1.165, 1.54) is 0 Å². The summed E-state index contributed by atoms with van der Waals surface area (Å²) in [5.74, 6) is 0. The molecular formula is C11H17N5S2. The van der Waals surface area contributed by atoms with Crippen LogP contribution in [0.4, 0.5) is 5.13 Å². The molecule has 0 saturated heterocycles. The highest BCUT2D eigenvalue weighted by atomic mass is 32.1. The number of nitrogens with zero attached hydrogens (tertiary/aromatic N) is 4. The highest BCUT2D eigenvalue weighted by Gasteiger charge is 2.10. The van der Waals surface area contributed by atoms with Crippen molar-refractivity contribution < 1.29 is 0 Å². The van der Waals surface area contributed by atoms with Crippen LogP contribution in [0.2, 0.25) is 0 Å². The van der Waals surface area contributed by atoms with Crippen LogP contribution in [0.25, 0.3) is 9.88 Å². The van der Waals surface area contributed by atoms with Crippen molar-refractivity contribution in [1.29, 1.82) is 0 Å². The Morgan fingerprint density at radius 3 is 2.83 bits per heavy atom. The molecular weight excluding hydrogens is 266 g/mol. The Labute approximate surface area is 115 Å². The average Bonchev–Trinajstić information content (AvgIpc) is 2.94. The number of hydrogen-bond donors (Lipinski definition) is 1. The molecule has 0 bridgehead atoms. The number of aromatic nitrogens is 3. The topological polar surface area (TPSA) is 53.9 Å². The molecule has 0 atom stereocenters. The van der Waals surface area contributed by atoms with Gasteiger partial charge in [0.25, 0.3) is 0 Å². The second-order valence-corrected chi connectivity index (χ2v) is 6.21. The fraction of sp³-hybridized carbons (Fsp3) is 0.545. The van der Waals surface area contributed by atoms with Gasteiger partial charge in [-0.1, -0.05) is 11.3 Å². The molecule has 0 fully saturated rings. The lowest BCUT2D eigenvalue weighted by atomic mass is 10.4. The molecule has 2 heterocycles. The zero-order valence-electron chi connectivity index (χ0n) is 10.8. The van der Waals surface area contributed by atoms with Gasteiger partial charge in [-0.25, -0.2) is 4.98 Å². The van der Waals surface area contributed by atoms with Gasteiger partial charge in [0, 0.05) is 25.7 Å². The van der Waals surface area contributed by atoms with Gasteiger partial charge >= 0.3 is 0 Å². The van der Waals surface area contributed by atoms with E-state index in [1.54, 1.807) is 22.7 Å². The molecule has 0 aliphatic carbocycles. The lowest BCUT2D eigenvalue weighted by molar-refractivity contribution is 0.413. The maximum atomic E-state index is 4.43. The van der Waals surface area contributed by atoms with Crippen molar-refractivity contribution in [2.24, 2.45) is 0 Å². The summed E-state index contributed by atoms with van der Waals surface area (Å²) >= 11 is 3.28. The Bertz CT molecular complexity index is 491. The largest absolute Gasteiger partial charge is 0.360 e. The van der Waals surface area contributed by atoms with Crippen molar-refractivity contribution in [1.82, 2.24) is 20.1 Å². The van der Waals surface area contributed by atoms with Crippen LogP contribution in [0.5, 0.6) is 0 Å². The van der Waals surface area contributed by atoms with E-state index in [2.05, 4.69) is 39.5 Å². The summed E-state index contributed by atoms with van der Waals surface area (Å²) in [6.45, 7) is 3.93. The van der Waals surface area contributed by atoms with E-state index < -0.39 is 0 Å². The lowest BCUT2D eigenvalue weighted by Crippen LogP contribution is -2.14. The van der Waals surface area contributed by atoms with Gasteiger partial charge in [0.1, 0.15) is 0 Å². The third kappa shape index (κ3) is 3.47. The van der Waals surface area contributed by atoms with Crippen LogP contribution in [0.15, 0.2) is 6.20 Å². The fourth-order valence-electron chi connectivity index (χ4n) is 1.39. The normalized spacial score (nSPS) is 11.1. The van der Waals surface area contributed by atoms with E-state index in [0.29, 0.717) is 0 Å². The zero-order valence-corrected chi connectivity index (χ0v) is 12.4. The second kappa shape index (κ2) is 6.21. The molecule has 5 nitrogen and oxygen atoms in total. The minimum absolute atomic E-state index is 0.866. The smallest absolute Gasteiger partial charge is 0.206 e. The molecule has 0 amide bonds. The number of hydrogen-bond acceptors (Lipinski definition) is 7. The number of anilines is 1. The second-order valence-electron chi connectivity index (χ2n) is 4.11. The summed E-state index contributed by atoms with van der Waals surface area (Å²) < 4.78 is 0. The first-order valence-corrected chi connectivity index (χ1v) is 7.49. The van der Waals surface area contributed by atoms with Gasteiger partial charge in [-0.3, -0.25) is 0 Å². The van der Waals surface area contributed by atoms with Crippen LogP contribution in [-0.2, 0) is 6.42 Å². The zero-order chi connectivity index (χ0) is 13.0. The fourth-order valence-corrected chi connectivity index (χ4v) is 3.14. The Kier molecular flexibility index (Phi) is 4.62. The van der Waals surface area contributed by atoms with Crippen molar-refractivity contribution in [2.45, 2.75) is 13.3 Å². The quantitative estimate of drug-likeness (QED) is 0.881. The molecule has 2 aromatic heterocycles. The summed E-state index contributed by atoms with van der Waals surface area (Å²) in [5, 5.41) is 14.4. The SMILES string of the molecule is CCNc1nnc(-c2cnc(CCN(C)C)s2)s1. The Morgan fingerprint density at radius 1 is 1.28 bits per heavy atom. The minimum Gasteiger partial charge on any atom is -0.360 e. The van der Waals surface area contributed by atoms with E-state index in [4.69, 9.17) is 0 Å². The molecule has 0 aliphatic rings. The van der Waals surface area contributed by atoms with E-state index in [1.807, 2.05) is 13.1 Å². The van der Waals surface area contributed by atoms with E-state index >= 15 is 0 Å². The maximum Gasteiger partial charge on any atom is 0.206 e. The molecule has 98 valence electrons. The number of rotatable bonds is 6. The van der Waals surface area contributed by atoms with Crippen LogP contribution < -0.4 is 5.32 Å². The van der Waals surface area contributed by atoms with Crippen LogP contribution in [-0.4, -0.2) is 47.3 Å². The van der Waals surface area contributed by atoms with Gasteiger partial charge < -0.3 is 10.2 Å². The van der Waals surface area contributed by atoms with Gasteiger partial charge in [-0.15, -0.1) is 21.5 Å². The molecule has 0 radical (unpaired) electrons. The summed E-state index contributed by atoms with van der Waals surface area (Å²) in [7, 11) is 4.14. The molecule has 2 aromatic rings. The monoisotopic (exact) mass is 283 g/mol. The predicted octanol–water partition coefficient (Wildman–Crippen LogP) is 2.20. The summed E-state index contributed by atoms with van der Waals surface area (Å²) in [5.41, 5.74) is 0. The third-order valence-electron chi connectivity index (χ3n) is 2.29.